The van der Waals surface area contributed by atoms with Crippen molar-refractivity contribution in [3.05, 3.63) is 72.3 Å². The topological polar surface area (TPSA) is 25.2 Å². The summed E-state index contributed by atoms with van der Waals surface area (Å²) in [5, 5.41) is 5.75. The molecule has 0 fully saturated rings. The lowest BCUT2D eigenvalue weighted by atomic mass is 10.1. The van der Waals surface area contributed by atoms with Gasteiger partial charge in [-0.2, -0.15) is 0 Å². The average molecular weight is 273 g/mol. The Labute approximate surface area is 123 Å². The summed E-state index contributed by atoms with van der Waals surface area (Å²) in [4.78, 5) is 0. The molecule has 2 heteroatoms. The van der Waals surface area contributed by atoms with Crippen LogP contribution in [0.25, 0.3) is 21.9 Å². The van der Waals surface area contributed by atoms with Gasteiger partial charge in [0, 0.05) is 16.5 Å². The van der Waals surface area contributed by atoms with Crippen molar-refractivity contribution < 1.29 is 4.42 Å². The van der Waals surface area contributed by atoms with E-state index in [1.54, 1.807) is 0 Å². The Balaban J connectivity index is 1.89. The second kappa shape index (κ2) is 4.67. The fourth-order valence-electron chi connectivity index (χ4n) is 2.72. The monoisotopic (exact) mass is 273 g/mol. The van der Waals surface area contributed by atoms with Crippen molar-refractivity contribution in [3.8, 4) is 0 Å². The third-order valence-corrected chi connectivity index (χ3v) is 3.70. The van der Waals surface area contributed by atoms with Gasteiger partial charge in [0.1, 0.15) is 5.58 Å². The van der Waals surface area contributed by atoms with Crippen molar-refractivity contribution in [2.75, 3.05) is 5.32 Å². The van der Waals surface area contributed by atoms with Gasteiger partial charge >= 0.3 is 0 Å². The van der Waals surface area contributed by atoms with Crippen molar-refractivity contribution >= 4 is 33.3 Å². The molecule has 0 bridgehead atoms. The highest BCUT2D eigenvalue weighted by atomic mass is 16.3. The van der Waals surface area contributed by atoms with E-state index in [1.807, 2.05) is 24.3 Å². The van der Waals surface area contributed by atoms with Crippen LogP contribution in [0.15, 0.2) is 71.1 Å². The predicted octanol–water partition coefficient (Wildman–Crippen LogP) is 5.64. The zero-order valence-electron chi connectivity index (χ0n) is 11.8. The number of benzene rings is 3. The average Bonchev–Trinajstić information content (AvgIpc) is 2.87. The number of hydrogen-bond acceptors (Lipinski definition) is 2. The summed E-state index contributed by atoms with van der Waals surface area (Å²) in [6.45, 7) is 2.09. The van der Waals surface area contributed by atoms with Crippen LogP contribution in [0.1, 0.15) is 5.56 Å². The summed E-state index contributed by atoms with van der Waals surface area (Å²) >= 11 is 0. The molecule has 2 nitrogen and oxygen atoms in total. The van der Waals surface area contributed by atoms with Gasteiger partial charge in [-0.05, 0) is 36.8 Å². The second-order valence-electron chi connectivity index (χ2n) is 5.27. The Morgan fingerprint density at radius 2 is 1.62 bits per heavy atom. The summed E-state index contributed by atoms with van der Waals surface area (Å²) in [5.74, 6) is 0. The largest absolute Gasteiger partial charge is 0.454 e. The molecule has 0 aliphatic rings. The zero-order chi connectivity index (χ0) is 14.2. The number of anilines is 2. The van der Waals surface area contributed by atoms with Crippen LogP contribution in [0, 0.1) is 6.92 Å². The first-order valence-corrected chi connectivity index (χ1v) is 7.05. The van der Waals surface area contributed by atoms with E-state index in [9.17, 15) is 0 Å². The maximum Gasteiger partial charge on any atom is 0.158 e. The van der Waals surface area contributed by atoms with Crippen LogP contribution in [0.2, 0.25) is 0 Å². The highest BCUT2D eigenvalue weighted by Crippen LogP contribution is 2.34. The van der Waals surface area contributed by atoms with Gasteiger partial charge in [0.25, 0.3) is 0 Å². The van der Waals surface area contributed by atoms with Gasteiger partial charge in [-0.1, -0.05) is 42.5 Å². The number of rotatable bonds is 2. The second-order valence-corrected chi connectivity index (χ2v) is 5.27. The number of furan rings is 1. The third-order valence-electron chi connectivity index (χ3n) is 3.70. The van der Waals surface area contributed by atoms with E-state index < -0.39 is 0 Å². The maximum atomic E-state index is 6.02. The molecular formula is C19H15NO. The van der Waals surface area contributed by atoms with E-state index in [1.165, 1.54) is 5.56 Å². The fourth-order valence-corrected chi connectivity index (χ4v) is 2.72. The lowest BCUT2D eigenvalue weighted by molar-refractivity contribution is 0.670. The Bertz CT molecular complexity index is 937. The first kappa shape index (κ1) is 12.0. The Morgan fingerprint density at radius 3 is 2.52 bits per heavy atom. The van der Waals surface area contributed by atoms with Gasteiger partial charge < -0.3 is 9.73 Å². The normalized spacial score (nSPS) is 11.1. The summed E-state index contributed by atoms with van der Waals surface area (Å²) in [6.07, 6.45) is 0. The highest BCUT2D eigenvalue weighted by Gasteiger charge is 2.10. The Kier molecular flexibility index (Phi) is 2.68. The number of fused-ring (bicyclic) bond motifs is 3. The van der Waals surface area contributed by atoms with Crippen molar-refractivity contribution in [2.45, 2.75) is 6.92 Å². The molecule has 3 aromatic carbocycles. The molecule has 102 valence electrons. The molecule has 0 saturated heterocycles. The van der Waals surface area contributed by atoms with Gasteiger partial charge in [0.05, 0.1) is 5.69 Å². The van der Waals surface area contributed by atoms with Crippen molar-refractivity contribution in [1.29, 1.82) is 0 Å². The van der Waals surface area contributed by atoms with Gasteiger partial charge in [0.2, 0.25) is 0 Å². The van der Waals surface area contributed by atoms with Gasteiger partial charge in [-0.15, -0.1) is 0 Å². The van der Waals surface area contributed by atoms with E-state index >= 15 is 0 Å². The molecule has 0 spiro atoms. The van der Waals surface area contributed by atoms with Crippen molar-refractivity contribution in [1.82, 2.24) is 0 Å². The number of hydrogen-bond donors (Lipinski definition) is 1. The lowest BCUT2D eigenvalue weighted by Gasteiger charge is -2.07. The molecule has 1 heterocycles. The molecule has 0 unspecified atom stereocenters. The molecule has 21 heavy (non-hydrogen) atoms. The third kappa shape index (κ3) is 2.05. The summed E-state index contributed by atoms with van der Waals surface area (Å²) < 4.78 is 6.02. The summed E-state index contributed by atoms with van der Waals surface area (Å²) in [5.41, 5.74) is 5.13. The summed E-state index contributed by atoms with van der Waals surface area (Å²) in [6, 6.07) is 22.7. The molecule has 1 N–H and O–H groups in total. The lowest BCUT2D eigenvalue weighted by Crippen LogP contribution is -1.90. The minimum atomic E-state index is 0.903. The molecule has 0 saturated carbocycles. The standard InChI is InChI=1S/C19H15NO/c1-13-6-4-7-14(12-13)20-17-10-5-9-16-15-8-2-3-11-18(15)21-19(16)17/h2-12,20H,1H3. The number of nitrogens with one attached hydrogen (secondary N) is 1. The van der Waals surface area contributed by atoms with E-state index in [-0.39, 0.29) is 0 Å². The van der Waals surface area contributed by atoms with Crippen LogP contribution in [-0.4, -0.2) is 0 Å². The minimum Gasteiger partial charge on any atom is -0.454 e. The van der Waals surface area contributed by atoms with Gasteiger partial charge in [-0.3, -0.25) is 0 Å². The molecule has 0 atom stereocenters. The first-order chi connectivity index (χ1) is 10.3. The van der Waals surface area contributed by atoms with E-state index in [0.29, 0.717) is 0 Å². The molecule has 0 radical (unpaired) electrons. The molecule has 4 aromatic rings. The van der Waals surface area contributed by atoms with Crippen LogP contribution < -0.4 is 5.32 Å². The SMILES string of the molecule is Cc1cccc(Nc2cccc3c2oc2ccccc23)c1. The van der Waals surface area contributed by atoms with Crippen LogP contribution in [0.5, 0.6) is 0 Å². The smallest absolute Gasteiger partial charge is 0.158 e. The van der Waals surface area contributed by atoms with E-state index in [4.69, 9.17) is 4.42 Å². The predicted molar refractivity (Wildman–Crippen MR) is 88.2 cm³/mol. The minimum absolute atomic E-state index is 0.903. The molecule has 4 rings (SSSR count). The first-order valence-electron chi connectivity index (χ1n) is 7.05. The highest BCUT2D eigenvalue weighted by molar-refractivity contribution is 6.09. The molecular weight excluding hydrogens is 258 g/mol. The van der Waals surface area contributed by atoms with Gasteiger partial charge in [0.15, 0.2) is 5.58 Å². The zero-order valence-corrected chi connectivity index (χ0v) is 11.8. The summed E-state index contributed by atoms with van der Waals surface area (Å²) in [7, 11) is 0. The van der Waals surface area contributed by atoms with Crippen LogP contribution >= 0.6 is 0 Å². The van der Waals surface area contributed by atoms with Crippen molar-refractivity contribution in [2.24, 2.45) is 0 Å². The molecule has 0 amide bonds. The molecule has 1 aromatic heterocycles. The van der Waals surface area contributed by atoms with Crippen LogP contribution in [0.3, 0.4) is 0 Å². The van der Waals surface area contributed by atoms with Gasteiger partial charge in [-0.25, -0.2) is 0 Å². The van der Waals surface area contributed by atoms with E-state index in [2.05, 4.69) is 54.7 Å². The molecule has 0 aliphatic heterocycles. The Hall–Kier alpha value is -2.74. The number of para-hydroxylation sites is 2. The van der Waals surface area contributed by atoms with E-state index in [0.717, 1.165) is 33.3 Å². The van der Waals surface area contributed by atoms with Crippen LogP contribution in [-0.2, 0) is 0 Å². The molecule has 0 aliphatic carbocycles. The maximum absolute atomic E-state index is 6.02. The fraction of sp³-hybridized carbons (Fsp3) is 0.0526. The quantitative estimate of drug-likeness (QED) is 0.511. The number of aryl methyl sites for hydroxylation is 1. The van der Waals surface area contributed by atoms with Crippen LogP contribution in [0.4, 0.5) is 11.4 Å². The Morgan fingerprint density at radius 1 is 0.810 bits per heavy atom. The van der Waals surface area contributed by atoms with Crippen molar-refractivity contribution in [3.63, 3.8) is 0 Å².